The Morgan fingerprint density at radius 2 is 2.15 bits per heavy atom. The van der Waals surface area contributed by atoms with Crippen LogP contribution < -0.4 is 0 Å². The van der Waals surface area contributed by atoms with Crippen molar-refractivity contribution < 1.29 is 4.74 Å². The highest BCUT2D eigenvalue weighted by molar-refractivity contribution is 4.91. The van der Waals surface area contributed by atoms with E-state index in [-0.39, 0.29) is 0 Å². The number of rotatable bonds is 3. The van der Waals surface area contributed by atoms with Crippen LogP contribution in [0.15, 0.2) is 0 Å². The van der Waals surface area contributed by atoms with Gasteiger partial charge in [0.05, 0.1) is 6.10 Å². The smallest absolute Gasteiger partial charge is 0.0571 e. The van der Waals surface area contributed by atoms with E-state index in [1.807, 2.05) is 7.11 Å². The fourth-order valence-corrected chi connectivity index (χ4v) is 2.66. The van der Waals surface area contributed by atoms with Crippen molar-refractivity contribution >= 4 is 0 Å². The molecule has 0 heterocycles. The highest BCUT2D eigenvalue weighted by Gasteiger charge is 2.41. The summed E-state index contributed by atoms with van der Waals surface area (Å²) >= 11 is 0. The van der Waals surface area contributed by atoms with E-state index in [1.54, 1.807) is 0 Å². The van der Waals surface area contributed by atoms with Gasteiger partial charge in [-0.2, -0.15) is 0 Å². The molecule has 4 atom stereocenters. The fourth-order valence-electron chi connectivity index (χ4n) is 2.66. The molecular weight excluding hydrogens is 160 g/mol. The van der Waals surface area contributed by atoms with Crippen molar-refractivity contribution in [2.75, 3.05) is 7.11 Å². The van der Waals surface area contributed by atoms with E-state index >= 15 is 0 Å². The molecule has 0 bridgehead atoms. The zero-order valence-corrected chi connectivity index (χ0v) is 9.76. The van der Waals surface area contributed by atoms with Crippen molar-refractivity contribution in [3.05, 3.63) is 0 Å². The number of ether oxygens (including phenoxy) is 1. The molecule has 4 unspecified atom stereocenters. The minimum atomic E-state index is 0.441. The van der Waals surface area contributed by atoms with Crippen LogP contribution in [0.1, 0.15) is 47.0 Å². The van der Waals surface area contributed by atoms with E-state index in [1.165, 1.54) is 19.3 Å². The van der Waals surface area contributed by atoms with Gasteiger partial charge in [0.1, 0.15) is 0 Å². The van der Waals surface area contributed by atoms with Gasteiger partial charge >= 0.3 is 0 Å². The summed E-state index contributed by atoms with van der Waals surface area (Å²) in [6.45, 7) is 9.35. The molecule has 0 N–H and O–H groups in total. The van der Waals surface area contributed by atoms with Crippen molar-refractivity contribution in [2.24, 2.45) is 17.3 Å². The number of methoxy groups -OCH3 is 1. The molecule has 1 aliphatic rings. The van der Waals surface area contributed by atoms with Crippen LogP contribution in [0.25, 0.3) is 0 Å². The summed E-state index contributed by atoms with van der Waals surface area (Å²) in [5, 5.41) is 0. The molecule has 1 rings (SSSR count). The van der Waals surface area contributed by atoms with E-state index in [4.69, 9.17) is 4.74 Å². The summed E-state index contributed by atoms with van der Waals surface area (Å²) in [7, 11) is 1.83. The van der Waals surface area contributed by atoms with Gasteiger partial charge in [0, 0.05) is 7.11 Å². The first-order valence-corrected chi connectivity index (χ1v) is 5.56. The highest BCUT2D eigenvalue weighted by Crippen LogP contribution is 2.49. The van der Waals surface area contributed by atoms with Gasteiger partial charge in [-0.25, -0.2) is 0 Å². The van der Waals surface area contributed by atoms with Crippen LogP contribution in [0.3, 0.4) is 0 Å². The van der Waals surface area contributed by atoms with Crippen LogP contribution in [0.2, 0.25) is 0 Å². The van der Waals surface area contributed by atoms with Crippen molar-refractivity contribution in [2.45, 2.75) is 53.1 Å². The molecule has 1 heteroatoms. The van der Waals surface area contributed by atoms with E-state index in [9.17, 15) is 0 Å². The summed E-state index contributed by atoms with van der Waals surface area (Å²) in [4.78, 5) is 0. The van der Waals surface area contributed by atoms with Crippen LogP contribution in [-0.4, -0.2) is 13.2 Å². The van der Waals surface area contributed by atoms with Gasteiger partial charge in [0.2, 0.25) is 0 Å². The molecule has 1 aliphatic carbocycles. The maximum Gasteiger partial charge on any atom is 0.0571 e. The van der Waals surface area contributed by atoms with Crippen molar-refractivity contribution in [3.63, 3.8) is 0 Å². The third-order valence-corrected chi connectivity index (χ3v) is 4.42. The summed E-state index contributed by atoms with van der Waals surface area (Å²) in [5.74, 6) is 1.64. The average Bonchev–Trinajstić information content (AvgIpc) is 2.43. The van der Waals surface area contributed by atoms with E-state index in [0.717, 1.165) is 11.8 Å². The van der Waals surface area contributed by atoms with Crippen LogP contribution in [0, 0.1) is 17.3 Å². The number of hydrogen-bond donors (Lipinski definition) is 0. The van der Waals surface area contributed by atoms with Gasteiger partial charge in [-0.05, 0) is 37.0 Å². The summed E-state index contributed by atoms with van der Waals surface area (Å²) < 4.78 is 5.42. The first-order chi connectivity index (χ1) is 6.03. The van der Waals surface area contributed by atoms with E-state index in [0.29, 0.717) is 11.5 Å². The standard InChI is InChI=1S/C12H24O/c1-6-12(4)8-11(7-9(12)2)10(3)13-5/h9-11H,6-8H2,1-5H3. The molecule has 0 aromatic carbocycles. The second-order valence-corrected chi connectivity index (χ2v) is 5.05. The fraction of sp³-hybridized carbons (Fsp3) is 1.00. The molecule has 0 radical (unpaired) electrons. The Bertz CT molecular complexity index is 167. The summed E-state index contributed by atoms with van der Waals surface area (Å²) in [5.41, 5.74) is 0.567. The highest BCUT2D eigenvalue weighted by atomic mass is 16.5. The second-order valence-electron chi connectivity index (χ2n) is 5.05. The monoisotopic (exact) mass is 184 g/mol. The lowest BCUT2D eigenvalue weighted by Gasteiger charge is -2.27. The topological polar surface area (TPSA) is 9.23 Å². The Balaban J connectivity index is 2.59. The lowest BCUT2D eigenvalue weighted by atomic mass is 9.78. The minimum absolute atomic E-state index is 0.441. The van der Waals surface area contributed by atoms with Crippen LogP contribution in [0.5, 0.6) is 0 Å². The lowest BCUT2D eigenvalue weighted by molar-refractivity contribution is 0.0641. The summed E-state index contributed by atoms with van der Waals surface area (Å²) in [6, 6.07) is 0. The molecule has 1 saturated carbocycles. The predicted molar refractivity (Wildman–Crippen MR) is 56.8 cm³/mol. The molecule has 0 aromatic rings. The van der Waals surface area contributed by atoms with E-state index < -0.39 is 0 Å². The molecule has 0 spiro atoms. The van der Waals surface area contributed by atoms with Crippen LogP contribution >= 0.6 is 0 Å². The van der Waals surface area contributed by atoms with Crippen molar-refractivity contribution in [1.29, 1.82) is 0 Å². The molecule has 0 aliphatic heterocycles. The molecule has 78 valence electrons. The maximum atomic E-state index is 5.42. The number of hydrogen-bond acceptors (Lipinski definition) is 1. The van der Waals surface area contributed by atoms with Gasteiger partial charge in [-0.15, -0.1) is 0 Å². The molecule has 0 saturated heterocycles. The van der Waals surface area contributed by atoms with Gasteiger partial charge < -0.3 is 4.74 Å². The SMILES string of the molecule is CCC1(C)CC(C(C)OC)CC1C. The van der Waals surface area contributed by atoms with Gasteiger partial charge in [-0.1, -0.05) is 27.2 Å². The second kappa shape index (κ2) is 4.00. The Labute approximate surface area is 82.9 Å². The van der Waals surface area contributed by atoms with E-state index in [2.05, 4.69) is 27.7 Å². The Hall–Kier alpha value is -0.0400. The normalized spacial score (nSPS) is 42.2. The van der Waals surface area contributed by atoms with Gasteiger partial charge in [-0.3, -0.25) is 0 Å². The lowest BCUT2D eigenvalue weighted by Crippen LogP contribution is -2.20. The van der Waals surface area contributed by atoms with Crippen molar-refractivity contribution in [3.8, 4) is 0 Å². The molecule has 1 nitrogen and oxygen atoms in total. The quantitative estimate of drug-likeness (QED) is 0.652. The molecule has 0 amide bonds. The minimum Gasteiger partial charge on any atom is -0.381 e. The van der Waals surface area contributed by atoms with Crippen molar-refractivity contribution in [1.82, 2.24) is 0 Å². The predicted octanol–water partition coefficient (Wildman–Crippen LogP) is 3.48. The largest absolute Gasteiger partial charge is 0.381 e. The molecule has 1 fully saturated rings. The molecular formula is C12H24O. The first-order valence-electron chi connectivity index (χ1n) is 5.56. The zero-order valence-electron chi connectivity index (χ0n) is 9.76. The molecule has 13 heavy (non-hydrogen) atoms. The van der Waals surface area contributed by atoms with Crippen LogP contribution in [0.4, 0.5) is 0 Å². The first kappa shape index (κ1) is 11.0. The van der Waals surface area contributed by atoms with Gasteiger partial charge in [0.15, 0.2) is 0 Å². The zero-order chi connectivity index (χ0) is 10.1. The average molecular weight is 184 g/mol. The van der Waals surface area contributed by atoms with Gasteiger partial charge in [0.25, 0.3) is 0 Å². The van der Waals surface area contributed by atoms with Crippen LogP contribution in [-0.2, 0) is 4.74 Å². The Morgan fingerprint density at radius 1 is 1.54 bits per heavy atom. The third kappa shape index (κ3) is 2.07. The molecule has 0 aromatic heterocycles. The third-order valence-electron chi connectivity index (χ3n) is 4.42. The maximum absolute atomic E-state index is 5.42. The Kier molecular flexibility index (Phi) is 3.39. The Morgan fingerprint density at radius 3 is 2.54 bits per heavy atom. The summed E-state index contributed by atoms with van der Waals surface area (Å²) in [6.07, 6.45) is 4.44.